The molecular formula is C26H42N2O4. The maximum atomic E-state index is 10.7. The minimum absolute atomic E-state index is 0.224. The lowest BCUT2D eigenvalue weighted by Crippen LogP contribution is -2.39. The average molecular weight is 447 g/mol. The Hall–Kier alpha value is -1.86. The van der Waals surface area contributed by atoms with Crippen molar-refractivity contribution >= 4 is 0 Å². The molecule has 0 spiro atoms. The topological polar surface area (TPSA) is 74.2 Å². The summed E-state index contributed by atoms with van der Waals surface area (Å²) < 4.78 is 11.4. The summed E-state index contributed by atoms with van der Waals surface area (Å²) in [5.74, 6) is 1.26. The number of likely N-dealkylation sites (tertiary alicyclic amines) is 1. The Kier molecular flexibility index (Phi) is 11.8. The highest BCUT2D eigenvalue weighted by atomic mass is 16.5. The Balaban J connectivity index is 1.88. The summed E-state index contributed by atoms with van der Waals surface area (Å²) in [6.07, 6.45) is 10.2. The van der Waals surface area contributed by atoms with Crippen LogP contribution in [0.25, 0.3) is 0 Å². The highest BCUT2D eigenvalue weighted by Gasteiger charge is 2.23. The number of hydrogen-bond acceptors (Lipinski definition) is 6. The molecule has 6 nitrogen and oxygen atoms in total. The fraction of sp³-hybridized carbons (Fsp3) is 0.615. The van der Waals surface area contributed by atoms with E-state index in [1.54, 1.807) is 19.3 Å². The van der Waals surface area contributed by atoms with Gasteiger partial charge in [0, 0.05) is 19.6 Å². The second kappa shape index (κ2) is 14.3. The molecule has 0 aromatic heterocycles. The molecule has 1 heterocycles. The molecule has 1 aromatic carbocycles. The van der Waals surface area contributed by atoms with E-state index < -0.39 is 11.7 Å². The summed E-state index contributed by atoms with van der Waals surface area (Å²) in [6, 6.07) is 5.76. The number of nitrogens with zero attached hydrogens (tertiary/aromatic N) is 1. The van der Waals surface area contributed by atoms with E-state index in [1.165, 1.54) is 32.1 Å². The first kappa shape index (κ1) is 26.4. The van der Waals surface area contributed by atoms with E-state index in [0.717, 1.165) is 18.7 Å². The first-order chi connectivity index (χ1) is 15.5. The lowest BCUT2D eigenvalue weighted by atomic mass is 9.95. The summed E-state index contributed by atoms with van der Waals surface area (Å²) in [5.41, 5.74) is 0.129. The van der Waals surface area contributed by atoms with Crippen molar-refractivity contribution in [1.29, 1.82) is 0 Å². The van der Waals surface area contributed by atoms with E-state index in [4.69, 9.17) is 9.47 Å². The minimum Gasteiger partial charge on any atom is -0.493 e. The Morgan fingerprint density at radius 2 is 1.75 bits per heavy atom. The van der Waals surface area contributed by atoms with Gasteiger partial charge in [0.05, 0.1) is 12.7 Å². The number of benzene rings is 1. The van der Waals surface area contributed by atoms with Crippen LogP contribution in [0.15, 0.2) is 43.5 Å². The van der Waals surface area contributed by atoms with Gasteiger partial charge in [-0.1, -0.05) is 37.5 Å². The van der Waals surface area contributed by atoms with Crippen molar-refractivity contribution in [1.82, 2.24) is 10.2 Å². The Bertz CT molecular complexity index is 676. The Morgan fingerprint density at radius 1 is 1.09 bits per heavy atom. The van der Waals surface area contributed by atoms with Crippen LogP contribution >= 0.6 is 0 Å². The molecule has 180 valence electrons. The zero-order chi connectivity index (χ0) is 23.2. The quantitative estimate of drug-likeness (QED) is 0.379. The largest absolute Gasteiger partial charge is 0.493 e. The van der Waals surface area contributed by atoms with Crippen molar-refractivity contribution in [2.45, 2.75) is 63.2 Å². The van der Waals surface area contributed by atoms with Crippen LogP contribution in [0, 0.1) is 0 Å². The van der Waals surface area contributed by atoms with E-state index in [-0.39, 0.29) is 6.61 Å². The van der Waals surface area contributed by atoms with Crippen LogP contribution < -0.4 is 14.8 Å². The third kappa shape index (κ3) is 9.33. The van der Waals surface area contributed by atoms with Gasteiger partial charge in [-0.15, -0.1) is 13.2 Å². The van der Waals surface area contributed by atoms with Gasteiger partial charge in [0.15, 0.2) is 11.5 Å². The molecule has 1 atom stereocenters. The fourth-order valence-electron chi connectivity index (χ4n) is 4.18. The number of ether oxygens (including phenoxy) is 2. The molecule has 32 heavy (non-hydrogen) atoms. The minimum atomic E-state index is -0.883. The van der Waals surface area contributed by atoms with Crippen LogP contribution in [0.4, 0.5) is 0 Å². The maximum absolute atomic E-state index is 10.7. The highest BCUT2D eigenvalue weighted by molar-refractivity contribution is 5.43. The van der Waals surface area contributed by atoms with Crippen molar-refractivity contribution in [2.75, 3.05) is 39.9 Å². The summed E-state index contributed by atoms with van der Waals surface area (Å²) >= 11 is 0. The number of β-amino-alcohol motifs (C(OH)–C–C–N with tert-alkyl or cyclic N) is 1. The predicted octanol–water partition coefficient (Wildman–Crippen LogP) is 3.67. The first-order valence-corrected chi connectivity index (χ1v) is 11.8. The monoisotopic (exact) mass is 446 g/mol. The SMILES string of the molecule is C=CCC(O)(CC=C)CNCc1ccc(OC)c(OCC(O)CN2CCCCCCC2)c1. The highest BCUT2D eigenvalue weighted by Crippen LogP contribution is 2.28. The van der Waals surface area contributed by atoms with Gasteiger partial charge in [-0.05, 0) is 56.5 Å². The van der Waals surface area contributed by atoms with E-state index in [1.807, 2.05) is 18.2 Å². The number of aliphatic hydroxyl groups excluding tert-OH is 1. The summed E-state index contributed by atoms with van der Waals surface area (Å²) in [4.78, 5) is 2.35. The smallest absolute Gasteiger partial charge is 0.161 e. The van der Waals surface area contributed by atoms with Crippen LogP contribution in [-0.4, -0.2) is 66.7 Å². The van der Waals surface area contributed by atoms with Crippen molar-refractivity contribution in [3.63, 3.8) is 0 Å². The van der Waals surface area contributed by atoms with Crippen molar-refractivity contribution in [3.05, 3.63) is 49.1 Å². The summed E-state index contributed by atoms with van der Waals surface area (Å²) in [7, 11) is 1.61. The molecule has 1 aliphatic heterocycles. The van der Waals surface area contributed by atoms with Crippen LogP contribution in [0.3, 0.4) is 0 Å². The van der Waals surface area contributed by atoms with E-state index in [0.29, 0.717) is 44.0 Å². The maximum Gasteiger partial charge on any atom is 0.161 e. The third-order valence-electron chi connectivity index (χ3n) is 5.91. The molecule has 1 fully saturated rings. The molecule has 1 aliphatic rings. The van der Waals surface area contributed by atoms with E-state index >= 15 is 0 Å². The molecule has 3 N–H and O–H groups in total. The zero-order valence-electron chi connectivity index (χ0n) is 19.7. The normalized spacial score (nSPS) is 16.6. The number of nitrogens with one attached hydrogen (secondary N) is 1. The molecular weight excluding hydrogens is 404 g/mol. The Morgan fingerprint density at radius 3 is 2.38 bits per heavy atom. The van der Waals surface area contributed by atoms with Gasteiger partial charge in [-0.25, -0.2) is 0 Å². The number of hydrogen-bond donors (Lipinski definition) is 3. The number of methoxy groups -OCH3 is 1. The van der Waals surface area contributed by atoms with Crippen molar-refractivity contribution in [2.24, 2.45) is 0 Å². The predicted molar refractivity (Wildman–Crippen MR) is 130 cm³/mol. The molecule has 0 saturated carbocycles. The molecule has 0 aliphatic carbocycles. The summed E-state index contributed by atoms with van der Waals surface area (Å²) in [5, 5.41) is 24.5. The lowest BCUT2D eigenvalue weighted by molar-refractivity contribution is 0.0460. The van der Waals surface area contributed by atoms with Crippen molar-refractivity contribution in [3.8, 4) is 11.5 Å². The molecule has 0 amide bonds. The third-order valence-corrected chi connectivity index (χ3v) is 5.91. The van der Waals surface area contributed by atoms with Gasteiger partial charge in [0.25, 0.3) is 0 Å². The molecule has 6 heteroatoms. The van der Waals surface area contributed by atoms with Gasteiger partial charge in [-0.3, -0.25) is 0 Å². The number of aliphatic hydroxyl groups is 2. The van der Waals surface area contributed by atoms with Gasteiger partial charge >= 0.3 is 0 Å². The Labute approximate surface area is 193 Å². The van der Waals surface area contributed by atoms with Gasteiger partial charge < -0.3 is 29.9 Å². The van der Waals surface area contributed by atoms with Crippen LogP contribution in [0.2, 0.25) is 0 Å². The first-order valence-electron chi connectivity index (χ1n) is 11.8. The fourth-order valence-corrected chi connectivity index (χ4v) is 4.18. The van der Waals surface area contributed by atoms with E-state index in [9.17, 15) is 10.2 Å². The lowest BCUT2D eigenvalue weighted by Gasteiger charge is -2.27. The van der Waals surface area contributed by atoms with E-state index in [2.05, 4.69) is 23.4 Å². The second-order valence-electron chi connectivity index (χ2n) is 8.83. The van der Waals surface area contributed by atoms with Crippen LogP contribution in [0.1, 0.15) is 50.5 Å². The van der Waals surface area contributed by atoms with Gasteiger partial charge in [0.1, 0.15) is 12.7 Å². The zero-order valence-corrected chi connectivity index (χ0v) is 19.7. The molecule has 0 radical (unpaired) electrons. The van der Waals surface area contributed by atoms with Crippen molar-refractivity contribution < 1.29 is 19.7 Å². The molecule has 1 aromatic rings. The number of rotatable bonds is 14. The second-order valence-corrected chi connectivity index (χ2v) is 8.83. The molecule has 1 unspecified atom stereocenters. The average Bonchev–Trinajstić information content (AvgIpc) is 2.74. The standard InChI is InChI=1S/C26H42N2O4/c1-4-13-26(30,14-5-2)21-27-18-22-11-12-24(31-3)25(17-22)32-20-23(29)19-28-15-9-7-6-8-10-16-28/h4-5,11-12,17,23,27,29-30H,1-2,6-10,13-16,18-21H2,3H3. The van der Waals surface area contributed by atoms with Crippen LogP contribution in [-0.2, 0) is 6.54 Å². The molecule has 1 saturated heterocycles. The molecule has 0 bridgehead atoms. The van der Waals surface area contributed by atoms with Gasteiger partial charge in [-0.2, -0.15) is 0 Å². The molecule has 2 rings (SSSR count). The van der Waals surface area contributed by atoms with Gasteiger partial charge in [0.2, 0.25) is 0 Å². The van der Waals surface area contributed by atoms with Crippen LogP contribution in [0.5, 0.6) is 11.5 Å². The summed E-state index contributed by atoms with van der Waals surface area (Å²) in [6.45, 7) is 11.4.